The number of hydrogen-bond acceptors (Lipinski definition) is 5. The molecule has 1 aromatic heterocycles. The fourth-order valence-electron chi connectivity index (χ4n) is 1.42. The van der Waals surface area contributed by atoms with E-state index in [1.807, 2.05) is 0 Å². The number of anilines is 1. The number of hydrogen-bond donors (Lipinski definition) is 1. The number of nitrogen functional groups attached to an aromatic ring is 1. The number of aromatic nitrogens is 1. The van der Waals surface area contributed by atoms with E-state index in [0.29, 0.717) is 4.90 Å². The SMILES string of the molecule is CN(C)C(=O)CN(CC(F)(F)F)C(=O)Cc1csc(N)n1. The molecule has 0 atom stereocenters. The number of carbonyl (C=O) groups is 2. The van der Waals surface area contributed by atoms with Gasteiger partial charge in [-0.15, -0.1) is 11.3 Å². The molecule has 0 fully saturated rings. The van der Waals surface area contributed by atoms with Gasteiger partial charge in [-0.1, -0.05) is 0 Å². The van der Waals surface area contributed by atoms with E-state index in [2.05, 4.69) is 4.98 Å². The molecule has 10 heteroatoms. The second kappa shape index (κ2) is 6.74. The minimum atomic E-state index is -4.58. The van der Waals surface area contributed by atoms with Crippen molar-refractivity contribution in [1.29, 1.82) is 0 Å². The molecule has 0 saturated heterocycles. The van der Waals surface area contributed by atoms with Crippen LogP contribution in [0, 0.1) is 0 Å². The Hall–Kier alpha value is -1.84. The Bertz CT molecular complexity index is 516. The molecule has 6 nitrogen and oxygen atoms in total. The fraction of sp³-hybridized carbons (Fsp3) is 0.545. The van der Waals surface area contributed by atoms with Crippen LogP contribution in [-0.2, 0) is 16.0 Å². The van der Waals surface area contributed by atoms with Gasteiger partial charge in [-0.3, -0.25) is 9.59 Å². The minimum Gasteiger partial charge on any atom is -0.375 e. The molecule has 0 saturated carbocycles. The zero-order valence-corrected chi connectivity index (χ0v) is 12.3. The van der Waals surface area contributed by atoms with Gasteiger partial charge in [-0.2, -0.15) is 13.2 Å². The first-order valence-corrected chi connectivity index (χ1v) is 6.71. The molecule has 21 heavy (non-hydrogen) atoms. The van der Waals surface area contributed by atoms with E-state index in [-0.39, 0.29) is 17.2 Å². The number of amides is 2. The van der Waals surface area contributed by atoms with Gasteiger partial charge in [0.2, 0.25) is 11.8 Å². The Labute approximate surface area is 123 Å². The Balaban J connectivity index is 2.79. The molecule has 118 valence electrons. The van der Waals surface area contributed by atoms with Crippen LogP contribution in [0.4, 0.5) is 18.3 Å². The van der Waals surface area contributed by atoms with Crippen molar-refractivity contribution >= 4 is 28.3 Å². The summed E-state index contributed by atoms with van der Waals surface area (Å²) in [4.78, 5) is 28.9. The third-order valence-corrected chi connectivity index (χ3v) is 3.17. The van der Waals surface area contributed by atoms with Gasteiger partial charge in [0.15, 0.2) is 5.13 Å². The van der Waals surface area contributed by atoms with Gasteiger partial charge < -0.3 is 15.5 Å². The van der Waals surface area contributed by atoms with E-state index in [4.69, 9.17) is 5.73 Å². The van der Waals surface area contributed by atoms with Crippen LogP contribution in [0.25, 0.3) is 0 Å². The zero-order chi connectivity index (χ0) is 16.2. The molecule has 0 aliphatic carbocycles. The number of halogens is 3. The van der Waals surface area contributed by atoms with Crippen molar-refractivity contribution in [3.8, 4) is 0 Å². The average Bonchev–Trinajstić information content (AvgIpc) is 2.71. The molecule has 2 amide bonds. The van der Waals surface area contributed by atoms with Crippen molar-refractivity contribution in [2.24, 2.45) is 0 Å². The maximum Gasteiger partial charge on any atom is 0.406 e. The number of carbonyl (C=O) groups excluding carboxylic acids is 2. The first-order chi connectivity index (χ1) is 9.58. The molecule has 0 unspecified atom stereocenters. The largest absolute Gasteiger partial charge is 0.406 e. The van der Waals surface area contributed by atoms with Crippen LogP contribution in [0.1, 0.15) is 5.69 Å². The standard InChI is InChI=1S/C11H15F3N4O2S/c1-17(2)9(20)4-18(6-11(12,13)14)8(19)3-7-5-21-10(15)16-7/h5H,3-4,6H2,1-2H3,(H2,15,16). The van der Waals surface area contributed by atoms with Gasteiger partial charge in [0.1, 0.15) is 13.1 Å². The minimum absolute atomic E-state index is 0.226. The summed E-state index contributed by atoms with van der Waals surface area (Å²) in [6, 6.07) is 0. The first-order valence-electron chi connectivity index (χ1n) is 5.83. The monoisotopic (exact) mass is 324 g/mol. The smallest absolute Gasteiger partial charge is 0.375 e. The predicted molar refractivity (Wildman–Crippen MR) is 71.6 cm³/mol. The molecule has 1 aromatic rings. The summed E-state index contributed by atoms with van der Waals surface area (Å²) >= 11 is 1.09. The Morgan fingerprint density at radius 1 is 1.33 bits per heavy atom. The van der Waals surface area contributed by atoms with Crippen molar-refractivity contribution in [1.82, 2.24) is 14.8 Å². The number of likely N-dealkylation sites (N-methyl/N-ethyl adjacent to an activating group) is 1. The summed E-state index contributed by atoms with van der Waals surface area (Å²) in [6.45, 7) is -2.12. The second-order valence-electron chi connectivity index (χ2n) is 4.51. The van der Waals surface area contributed by atoms with Gasteiger partial charge in [-0.25, -0.2) is 4.98 Å². The maximum atomic E-state index is 12.5. The van der Waals surface area contributed by atoms with Crippen molar-refractivity contribution < 1.29 is 22.8 Å². The lowest BCUT2D eigenvalue weighted by molar-refractivity contribution is -0.163. The molecule has 1 rings (SSSR count). The highest BCUT2D eigenvalue weighted by atomic mass is 32.1. The molecular weight excluding hydrogens is 309 g/mol. The molecule has 0 aliphatic heterocycles. The van der Waals surface area contributed by atoms with E-state index in [1.54, 1.807) is 0 Å². The van der Waals surface area contributed by atoms with E-state index in [1.165, 1.54) is 19.5 Å². The van der Waals surface area contributed by atoms with E-state index >= 15 is 0 Å². The summed E-state index contributed by atoms with van der Waals surface area (Å²) in [5.41, 5.74) is 5.68. The van der Waals surface area contributed by atoms with Crippen molar-refractivity contribution in [3.05, 3.63) is 11.1 Å². The predicted octanol–water partition coefficient (Wildman–Crippen LogP) is 0.747. The number of rotatable bonds is 5. The van der Waals surface area contributed by atoms with Crippen LogP contribution in [0.5, 0.6) is 0 Å². The molecule has 0 aliphatic rings. The molecule has 0 aromatic carbocycles. The Kier molecular flexibility index (Phi) is 5.53. The van der Waals surface area contributed by atoms with Gasteiger partial charge in [0.05, 0.1) is 12.1 Å². The quantitative estimate of drug-likeness (QED) is 0.867. The van der Waals surface area contributed by atoms with Crippen LogP contribution in [0.2, 0.25) is 0 Å². The third-order valence-electron chi connectivity index (χ3n) is 2.45. The Morgan fingerprint density at radius 3 is 2.38 bits per heavy atom. The number of alkyl halides is 3. The number of nitrogens with zero attached hydrogens (tertiary/aromatic N) is 3. The van der Waals surface area contributed by atoms with Gasteiger partial charge >= 0.3 is 6.18 Å². The number of thiazole rings is 1. The summed E-state index contributed by atoms with van der Waals surface area (Å²) < 4.78 is 37.5. The highest BCUT2D eigenvalue weighted by molar-refractivity contribution is 7.13. The van der Waals surface area contributed by atoms with E-state index in [0.717, 1.165) is 16.2 Å². The van der Waals surface area contributed by atoms with Crippen LogP contribution >= 0.6 is 11.3 Å². The summed E-state index contributed by atoms with van der Waals surface area (Å²) in [6.07, 6.45) is -4.91. The third kappa shape index (κ3) is 5.98. The van der Waals surface area contributed by atoms with Gasteiger partial charge in [0, 0.05) is 19.5 Å². The normalized spacial score (nSPS) is 11.3. The highest BCUT2D eigenvalue weighted by Gasteiger charge is 2.34. The highest BCUT2D eigenvalue weighted by Crippen LogP contribution is 2.18. The molecule has 0 radical (unpaired) electrons. The van der Waals surface area contributed by atoms with E-state index < -0.39 is 31.1 Å². The Morgan fingerprint density at radius 2 is 1.95 bits per heavy atom. The zero-order valence-electron chi connectivity index (χ0n) is 11.5. The molecule has 0 bridgehead atoms. The summed E-state index contributed by atoms with van der Waals surface area (Å²) in [5, 5.41) is 1.72. The maximum absolute atomic E-state index is 12.5. The summed E-state index contributed by atoms with van der Waals surface area (Å²) in [7, 11) is 2.80. The topological polar surface area (TPSA) is 79.5 Å². The fourth-order valence-corrected chi connectivity index (χ4v) is 1.99. The summed E-state index contributed by atoms with van der Waals surface area (Å²) in [5.74, 6) is -1.42. The lowest BCUT2D eigenvalue weighted by Gasteiger charge is -2.24. The van der Waals surface area contributed by atoms with Crippen molar-refractivity contribution in [3.63, 3.8) is 0 Å². The van der Waals surface area contributed by atoms with Crippen LogP contribution in [-0.4, -0.2) is 60.0 Å². The van der Waals surface area contributed by atoms with Gasteiger partial charge in [0.25, 0.3) is 0 Å². The van der Waals surface area contributed by atoms with Crippen LogP contribution < -0.4 is 5.73 Å². The van der Waals surface area contributed by atoms with Crippen molar-refractivity contribution in [2.75, 3.05) is 32.9 Å². The van der Waals surface area contributed by atoms with Gasteiger partial charge in [-0.05, 0) is 0 Å². The molecular formula is C11H15F3N4O2S. The van der Waals surface area contributed by atoms with Crippen LogP contribution in [0.3, 0.4) is 0 Å². The second-order valence-corrected chi connectivity index (χ2v) is 5.40. The molecule has 2 N–H and O–H groups in total. The lowest BCUT2D eigenvalue weighted by atomic mass is 10.3. The van der Waals surface area contributed by atoms with Crippen molar-refractivity contribution in [2.45, 2.75) is 12.6 Å². The van der Waals surface area contributed by atoms with Crippen LogP contribution in [0.15, 0.2) is 5.38 Å². The average molecular weight is 324 g/mol. The lowest BCUT2D eigenvalue weighted by Crippen LogP contribution is -2.45. The number of nitrogens with two attached hydrogens (primary N) is 1. The first kappa shape index (κ1) is 17.2. The molecule has 1 heterocycles. The molecule has 0 spiro atoms. The van der Waals surface area contributed by atoms with E-state index in [9.17, 15) is 22.8 Å².